The molecule has 3 heterocycles. The van der Waals surface area contributed by atoms with Crippen LogP contribution in [0, 0.1) is 11.8 Å². The minimum atomic E-state index is 0.107. The third kappa shape index (κ3) is 3.21. The zero-order chi connectivity index (χ0) is 18.1. The number of carbonyl (C=O) groups is 1. The Morgan fingerprint density at radius 1 is 1.27 bits per heavy atom. The molecule has 0 unspecified atom stereocenters. The fourth-order valence-corrected chi connectivity index (χ4v) is 4.36. The number of ether oxygens (including phenoxy) is 1. The van der Waals surface area contributed by atoms with Crippen molar-refractivity contribution < 1.29 is 9.53 Å². The highest BCUT2D eigenvalue weighted by Gasteiger charge is 2.45. The Hall–Kier alpha value is -1.98. The number of fused-ring (bicyclic) bond motifs is 2. The molecule has 2 saturated heterocycles. The molecule has 26 heavy (non-hydrogen) atoms. The molecular weight excluding hydrogens is 326 g/mol. The van der Waals surface area contributed by atoms with Crippen molar-refractivity contribution >= 4 is 16.8 Å². The van der Waals surface area contributed by atoms with E-state index in [4.69, 9.17) is 4.74 Å². The second kappa shape index (κ2) is 7.33. The van der Waals surface area contributed by atoms with Crippen LogP contribution >= 0.6 is 0 Å². The van der Waals surface area contributed by atoms with E-state index >= 15 is 0 Å². The second-order valence-corrected chi connectivity index (χ2v) is 7.40. The zero-order valence-electron chi connectivity index (χ0n) is 15.6. The number of amides is 1. The molecule has 1 amide bonds. The first kappa shape index (κ1) is 17.4. The van der Waals surface area contributed by atoms with Gasteiger partial charge in [-0.25, -0.2) is 0 Å². The Balaban J connectivity index is 1.46. The van der Waals surface area contributed by atoms with Crippen molar-refractivity contribution in [2.24, 2.45) is 11.8 Å². The molecule has 5 nitrogen and oxygen atoms in total. The maximum absolute atomic E-state index is 13.0. The largest absolute Gasteiger partial charge is 0.376 e. The van der Waals surface area contributed by atoms with Crippen molar-refractivity contribution in [3.63, 3.8) is 0 Å². The van der Waals surface area contributed by atoms with Crippen LogP contribution in [0.1, 0.15) is 24.2 Å². The fraction of sp³-hybridized carbons (Fsp3) is 0.524. The first-order valence-corrected chi connectivity index (χ1v) is 9.67. The highest BCUT2D eigenvalue weighted by Crippen LogP contribution is 2.35. The maximum Gasteiger partial charge on any atom is 0.253 e. The number of nitrogens with zero attached hydrogens (tertiary/aromatic N) is 3. The molecule has 4 rings (SSSR count). The van der Waals surface area contributed by atoms with Crippen molar-refractivity contribution in [1.29, 1.82) is 0 Å². The van der Waals surface area contributed by atoms with Crippen LogP contribution in [0.2, 0.25) is 0 Å². The first-order chi connectivity index (χ1) is 12.7. The predicted molar refractivity (Wildman–Crippen MR) is 102 cm³/mol. The average molecular weight is 353 g/mol. The van der Waals surface area contributed by atoms with Crippen molar-refractivity contribution in [3.05, 3.63) is 42.1 Å². The van der Waals surface area contributed by atoms with Gasteiger partial charge in [0.1, 0.15) is 0 Å². The molecule has 2 aromatic rings. The van der Waals surface area contributed by atoms with Crippen LogP contribution < -0.4 is 0 Å². The van der Waals surface area contributed by atoms with Gasteiger partial charge < -0.3 is 14.5 Å². The summed E-state index contributed by atoms with van der Waals surface area (Å²) in [6, 6.07) is 9.68. The lowest BCUT2D eigenvalue weighted by Gasteiger charge is -2.25. The van der Waals surface area contributed by atoms with Crippen molar-refractivity contribution in [3.8, 4) is 0 Å². The number of rotatable bonds is 5. The average Bonchev–Trinajstić information content (AvgIpc) is 3.26. The fourth-order valence-electron chi connectivity index (χ4n) is 4.36. The van der Waals surface area contributed by atoms with E-state index in [9.17, 15) is 4.79 Å². The van der Waals surface area contributed by atoms with Gasteiger partial charge in [0.15, 0.2) is 0 Å². The third-order valence-electron chi connectivity index (χ3n) is 5.96. The summed E-state index contributed by atoms with van der Waals surface area (Å²) >= 11 is 0. The molecule has 1 aromatic heterocycles. The number of carbonyl (C=O) groups excluding carboxylic acids is 1. The van der Waals surface area contributed by atoms with Gasteiger partial charge in [0.2, 0.25) is 0 Å². The Bertz CT molecular complexity index is 790. The van der Waals surface area contributed by atoms with Gasteiger partial charge in [-0.3, -0.25) is 9.78 Å². The lowest BCUT2D eigenvalue weighted by atomic mass is 9.92. The minimum Gasteiger partial charge on any atom is -0.376 e. The Morgan fingerprint density at radius 3 is 2.92 bits per heavy atom. The molecule has 5 heteroatoms. The first-order valence-electron chi connectivity index (χ1n) is 9.67. The summed E-state index contributed by atoms with van der Waals surface area (Å²) in [7, 11) is 0. The van der Waals surface area contributed by atoms with Crippen LogP contribution in [0.3, 0.4) is 0 Å². The highest BCUT2D eigenvalue weighted by molar-refractivity contribution is 5.98. The number of pyridine rings is 1. The molecular formula is C21H27N3O2. The van der Waals surface area contributed by atoms with Gasteiger partial charge in [-0.2, -0.15) is 0 Å². The van der Waals surface area contributed by atoms with Gasteiger partial charge in [0, 0.05) is 48.6 Å². The molecule has 2 aliphatic rings. The van der Waals surface area contributed by atoms with Crippen LogP contribution in [0.25, 0.3) is 10.9 Å². The smallest absolute Gasteiger partial charge is 0.253 e. The summed E-state index contributed by atoms with van der Waals surface area (Å²) in [5.41, 5.74) is 1.66. The normalized spacial score (nSPS) is 25.2. The Kier molecular flexibility index (Phi) is 4.92. The third-order valence-corrected chi connectivity index (χ3v) is 5.96. The molecule has 0 saturated carbocycles. The van der Waals surface area contributed by atoms with Gasteiger partial charge >= 0.3 is 0 Å². The summed E-state index contributed by atoms with van der Waals surface area (Å²) < 4.78 is 6.04. The molecule has 0 bridgehead atoms. The number of benzene rings is 1. The molecule has 0 N–H and O–H groups in total. The lowest BCUT2D eigenvalue weighted by molar-refractivity contribution is 0.0666. The van der Waals surface area contributed by atoms with Crippen LogP contribution in [0.4, 0.5) is 0 Å². The van der Waals surface area contributed by atoms with Crippen LogP contribution in [0.5, 0.6) is 0 Å². The van der Waals surface area contributed by atoms with Gasteiger partial charge in [-0.15, -0.1) is 0 Å². The van der Waals surface area contributed by atoms with E-state index in [0.717, 1.165) is 49.3 Å². The molecule has 138 valence electrons. The summed E-state index contributed by atoms with van der Waals surface area (Å²) in [6.45, 7) is 9.96. The monoisotopic (exact) mass is 353 g/mol. The predicted octanol–water partition coefficient (Wildman–Crippen LogP) is 2.66. The van der Waals surface area contributed by atoms with Crippen LogP contribution in [0.15, 0.2) is 36.5 Å². The molecule has 0 spiro atoms. The van der Waals surface area contributed by atoms with Gasteiger partial charge in [0.05, 0.1) is 18.2 Å². The summed E-state index contributed by atoms with van der Waals surface area (Å²) in [4.78, 5) is 21.8. The number of likely N-dealkylation sites (tertiary alicyclic amines) is 1. The topological polar surface area (TPSA) is 45.7 Å². The summed E-state index contributed by atoms with van der Waals surface area (Å²) in [6.07, 6.45) is 1.97. The molecule has 2 fully saturated rings. The lowest BCUT2D eigenvalue weighted by Crippen LogP contribution is -2.35. The van der Waals surface area contributed by atoms with Crippen molar-refractivity contribution in [2.45, 2.75) is 20.0 Å². The van der Waals surface area contributed by atoms with Gasteiger partial charge in [-0.05, 0) is 37.4 Å². The summed E-state index contributed by atoms with van der Waals surface area (Å²) in [5.74, 6) is 1.09. The number of hydrogen-bond acceptors (Lipinski definition) is 4. The van der Waals surface area contributed by atoms with Crippen LogP contribution in [-0.4, -0.2) is 66.1 Å². The second-order valence-electron chi connectivity index (χ2n) is 7.40. The maximum atomic E-state index is 13.0. The molecule has 0 aliphatic carbocycles. The van der Waals surface area contributed by atoms with E-state index in [2.05, 4.69) is 23.7 Å². The Morgan fingerprint density at radius 2 is 2.12 bits per heavy atom. The zero-order valence-corrected chi connectivity index (χ0v) is 15.6. The SMILES string of the molecule is CCN(CC)C[C@H]1CO[C@@H]2CN(C(=O)c3ccc4ncccc4c3)C[C@H]12. The summed E-state index contributed by atoms with van der Waals surface area (Å²) in [5, 5.41) is 1.01. The standard InChI is InChI=1S/C21H27N3O2/c1-3-23(4-2)11-17-14-26-20-13-24(12-18(17)20)21(25)16-7-8-19-15(10-16)6-5-9-22-19/h5-10,17-18,20H,3-4,11-14H2,1-2H3/t17-,18+,20+/m0/s1. The quantitative estimate of drug-likeness (QED) is 0.829. The number of hydrogen-bond donors (Lipinski definition) is 0. The van der Waals surface area contributed by atoms with Crippen LogP contribution in [-0.2, 0) is 4.74 Å². The van der Waals surface area contributed by atoms with E-state index in [-0.39, 0.29) is 12.0 Å². The minimum absolute atomic E-state index is 0.107. The van der Waals surface area contributed by atoms with Crippen molar-refractivity contribution in [2.75, 3.05) is 39.3 Å². The van der Waals surface area contributed by atoms with E-state index in [1.54, 1.807) is 6.20 Å². The van der Waals surface area contributed by atoms with E-state index in [0.29, 0.717) is 18.4 Å². The van der Waals surface area contributed by atoms with E-state index < -0.39 is 0 Å². The van der Waals surface area contributed by atoms with Crippen molar-refractivity contribution in [1.82, 2.24) is 14.8 Å². The Labute approximate surface area is 154 Å². The molecule has 1 aromatic carbocycles. The van der Waals surface area contributed by atoms with E-state index in [1.165, 1.54) is 0 Å². The van der Waals surface area contributed by atoms with Gasteiger partial charge in [0.25, 0.3) is 5.91 Å². The van der Waals surface area contributed by atoms with Gasteiger partial charge in [-0.1, -0.05) is 19.9 Å². The molecule has 2 aliphatic heterocycles. The molecule has 3 atom stereocenters. The van der Waals surface area contributed by atoms with E-state index in [1.807, 2.05) is 35.2 Å². The number of aromatic nitrogens is 1. The highest BCUT2D eigenvalue weighted by atomic mass is 16.5. The molecule has 0 radical (unpaired) electrons.